The van der Waals surface area contributed by atoms with E-state index in [1.807, 2.05) is 6.07 Å². The molecule has 0 bridgehead atoms. The van der Waals surface area contributed by atoms with E-state index in [1.165, 1.54) is 6.07 Å². The Hall–Kier alpha value is -2.63. The molecule has 2 aromatic heterocycles. The lowest BCUT2D eigenvalue weighted by molar-refractivity contribution is 0.429. The lowest BCUT2D eigenvalue weighted by Gasteiger charge is -2.07. The third-order valence-corrected chi connectivity index (χ3v) is 2.83. The van der Waals surface area contributed by atoms with Gasteiger partial charge in [0, 0.05) is 17.5 Å². The second kappa shape index (κ2) is 4.56. The van der Waals surface area contributed by atoms with Gasteiger partial charge in [-0.15, -0.1) is 0 Å². The van der Waals surface area contributed by atoms with E-state index < -0.39 is 5.82 Å². The fourth-order valence-electron chi connectivity index (χ4n) is 1.83. The Kier molecular flexibility index (Phi) is 2.75. The number of hydrogen-bond donors (Lipinski definition) is 3. The van der Waals surface area contributed by atoms with Crippen molar-refractivity contribution in [2.75, 3.05) is 5.32 Å². The summed E-state index contributed by atoms with van der Waals surface area (Å²) in [4.78, 5) is 4.17. The van der Waals surface area contributed by atoms with E-state index in [4.69, 9.17) is 0 Å². The number of anilines is 1. The normalized spacial score (nSPS) is 10.8. The zero-order valence-electron chi connectivity index (χ0n) is 9.89. The Morgan fingerprint density at radius 3 is 3.11 bits per heavy atom. The van der Waals surface area contributed by atoms with Crippen molar-refractivity contribution in [3.8, 4) is 5.75 Å². The molecule has 3 aromatic rings. The van der Waals surface area contributed by atoms with Gasteiger partial charge in [-0.1, -0.05) is 12.1 Å². The number of halogens is 1. The van der Waals surface area contributed by atoms with E-state index >= 15 is 0 Å². The topological polar surface area (TPSA) is 73.8 Å². The molecule has 0 saturated heterocycles. The van der Waals surface area contributed by atoms with Gasteiger partial charge in [0.05, 0.1) is 18.1 Å². The van der Waals surface area contributed by atoms with Crippen LogP contribution < -0.4 is 5.32 Å². The smallest absolute Gasteiger partial charge is 0.169 e. The summed E-state index contributed by atoms with van der Waals surface area (Å²) in [5.74, 6) is -0.949. The third kappa shape index (κ3) is 2.20. The summed E-state index contributed by atoms with van der Waals surface area (Å²) in [6.07, 6.45) is 3.31. The predicted octanol–water partition coefficient (Wildman–Crippen LogP) is 2.41. The van der Waals surface area contributed by atoms with Crippen molar-refractivity contribution in [2.45, 2.75) is 6.54 Å². The highest BCUT2D eigenvalue weighted by Gasteiger charge is 2.06. The molecule has 0 aliphatic heterocycles. The number of phenols is 1. The number of aromatic nitrogens is 3. The van der Waals surface area contributed by atoms with E-state index in [0.29, 0.717) is 11.2 Å². The van der Waals surface area contributed by atoms with E-state index in [1.54, 1.807) is 24.5 Å². The van der Waals surface area contributed by atoms with Crippen LogP contribution in [0, 0.1) is 5.82 Å². The van der Waals surface area contributed by atoms with E-state index in [-0.39, 0.29) is 12.3 Å². The summed E-state index contributed by atoms with van der Waals surface area (Å²) < 4.78 is 13.6. The van der Waals surface area contributed by atoms with E-state index in [9.17, 15) is 9.50 Å². The average Bonchev–Trinajstić information content (AvgIpc) is 2.88. The number of phenolic OH excluding ortho intramolecular Hbond substituents is 1. The van der Waals surface area contributed by atoms with Gasteiger partial charge in [-0.05, 0) is 12.1 Å². The Morgan fingerprint density at radius 1 is 1.32 bits per heavy atom. The summed E-state index contributed by atoms with van der Waals surface area (Å²) in [5.41, 5.74) is 1.86. The predicted molar refractivity (Wildman–Crippen MR) is 69.3 cm³/mol. The minimum atomic E-state index is -0.604. The minimum absolute atomic E-state index is 0.269. The van der Waals surface area contributed by atoms with Crippen molar-refractivity contribution < 1.29 is 9.50 Å². The number of benzene rings is 1. The molecule has 3 rings (SSSR count). The van der Waals surface area contributed by atoms with Crippen molar-refractivity contribution in [1.29, 1.82) is 0 Å². The number of hydrogen-bond acceptors (Lipinski definition) is 4. The first-order valence-electron chi connectivity index (χ1n) is 5.73. The van der Waals surface area contributed by atoms with Gasteiger partial charge in [-0.3, -0.25) is 5.10 Å². The highest BCUT2D eigenvalue weighted by Crippen LogP contribution is 2.20. The lowest BCUT2D eigenvalue weighted by Crippen LogP contribution is -2.02. The van der Waals surface area contributed by atoms with Crippen LogP contribution in [0.3, 0.4) is 0 Å². The number of aromatic hydroxyl groups is 1. The molecular formula is C13H11FN4O. The number of nitrogens with one attached hydrogen (secondary N) is 2. The maximum Gasteiger partial charge on any atom is 0.169 e. The molecule has 19 heavy (non-hydrogen) atoms. The Bertz CT molecular complexity index is 725. The number of nitrogens with zero attached hydrogens (tertiary/aromatic N) is 2. The van der Waals surface area contributed by atoms with Gasteiger partial charge in [0.15, 0.2) is 17.2 Å². The molecule has 0 fully saturated rings. The number of aromatic amines is 1. The number of pyridine rings is 1. The molecule has 0 atom stereocenters. The molecule has 6 heteroatoms. The molecule has 0 saturated carbocycles. The van der Waals surface area contributed by atoms with Crippen LogP contribution in [0.1, 0.15) is 5.56 Å². The summed E-state index contributed by atoms with van der Waals surface area (Å²) >= 11 is 0. The first-order valence-corrected chi connectivity index (χ1v) is 5.73. The van der Waals surface area contributed by atoms with Crippen LogP contribution in [0.25, 0.3) is 11.0 Å². The first kappa shape index (κ1) is 11.5. The number of H-pyrrole nitrogens is 1. The number of rotatable bonds is 3. The van der Waals surface area contributed by atoms with Crippen LogP contribution in [0.4, 0.5) is 10.1 Å². The zero-order chi connectivity index (χ0) is 13.2. The van der Waals surface area contributed by atoms with E-state index in [0.717, 1.165) is 11.1 Å². The SMILES string of the molecule is Oc1cccc(CNc2cnc3[nH]ncc3c2)c1F. The highest BCUT2D eigenvalue weighted by molar-refractivity contribution is 5.77. The van der Waals surface area contributed by atoms with Gasteiger partial charge in [0.1, 0.15) is 0 Å². The molecule has 5 nitrogen and oxygen atoms in total. The van der Waals surface area contributed by atoms with Crippen molar-refractivity contribution in [3.05, 3.63) is 48.0 Å². The van der Waals surface area contributed by atoms with Gasteiger partial charge in [0.25, 0.3) is 0 Å². The van der Waals surface area contributed by atoms with Crippen LogP contribution in [0.2, 0.25) is 0 Å². The molecule has 0 unspecified atom stereocenters. The molecule has 0 aliphatic rings. The average molecular weight is 258 g/mol. The fraction of sp³-hybridized carbons (Fsp3) is 0.0769. The van der Waals surface area contributed by atoms with Gasteiger partial charge in [0.2, 0.25) is 0 Å². The quantitative estimate of drug-likeness (QED) is 0.674. The minimum Gasteiger partial charge on any atom is -0.505 e. The van der Waals surface area contributed by atoms with Crippen LogP contribution in [-0.4, -0.2) is 20.3 Å². The molecule has 1 aromatic carbocycles. The van der Waals surface area contributed by atoms with E-state index in [2.05, 4.69) is 20.5 Å². The van der Waals surface area contributed by atoms with Gasteiger partial charge in [-0.25, -0.2) is 9.37 Å². The van der Waals surface area contributed by atoms with Crippen LogP contribution >= 0.6 is 0 Å². The van der Waals surface area contributed by atoms with Crippen LogP contribution in [0.5, 0.6) is 5.75 Å². The summed E-state index contributed by atoms with van der Waals surface area (Å²) in [5, 5.41) is 19.8. The second-order valence-electron chi connectivity index (χ2n) is 4.14. The Balaban J connectivity index is 1.80. The largest absolute Gasteiger partial charge is 0.505 e. The number of fused-ring (bicyclic) bond motifs is 1. The zero-order valence-corrected chi connectivity index (χ0v) is 9.89. The molecule has 0 spiro atoms. The maximum atomic E-state index is 13.6. The Labute approximate surface area is 108 Å². The molecular weight excluding hydrogens is 247 g/mol. The first-order chi connectivity index (χ1) is 9.24. The molecule has 0 aliphatic carbocycles. The standard InChI is InChI=1S/C13H11FN4O/c14-12-8(2-1-3-11(12)19)5-15-10-4-9-6-17-18-13(9)16-7-10/h1-4,6-7,15,19H,5H2,(H,16,17,18). The van der Waals surface area contributed by atoms with Crippen molar-refractivity contribution in [2.24, 2.45) is 0 Å². The molecule has 2 heterocycles. The summed E-state index contributed by atoms with van der Waals surface area (Å²) in [7, 11) is 0. The van der Waals surface area contributed by atoms with Gasteiger partial charge < -0.3 is 10.4 Å². The lowest BCUT2D eigenvalue weighted by atomic mass is 10.2. The van der Waals surface area contributed by atoms with Crippen molar-refractivity contribution in [1.82, 2.24) is 15.2 Å². The van der Waals surface area contributed by atoms with Crippen LogP contribution in [0.15, 0.2) is 36.7 Å². The monoisotopic (exact) mass is 258 g/mol. The van der Waals surface area contributed by atoms with Gasteiger partial charge >= 0.3 is 0 Å². The fourth-order valence-corrected chi connectivity index (χ4v) is 1.83. The van der Waals surface area contributed by atoms with Crippen molar-refractivity contribution >= 4 is 16.7 Å². The van der Waals surface area contributed by atoms with Crippen LogP contribution in [-0.2, 0) is 6.54 Å². The van der Waals surface area contributed by atoms with Crippen molar-refractivity contribution in [3.63, 3.8) is 0 Å². The molecule has 0 amide bonds. The molecule has 0 radical (unpaired) electrons. The summed E-state index contributed by atoms with van der Waals surface area (Å²) in [6.45, 7) is 0.269. The highest BCUT2D eigenvalue weighted by atomic mass is 19.1. The third-order valence-electron chi connectivity index (χ3n) is 2.83. The summed E-state index contributed by atoms with van der Waals surface area (Å²) in [6, 6.07) is 6.41. The second-order valence-corrected chi connectivity index (χ2v) is 4.14. The van der Waals surface area contributed by atoms with Gasteiger partial charge in [-0.2, -0.15) is 5.10 Å². The molecule has 3 N–H and O–H groups in total. The maximum absolute atomic E-state index is 13.6. The Morgan fingerprint density at radius 2 is 2.21 bits per heavy atom. The molecule has 96 valence electrons.